The number of imidazole rings is 1. The van der Waals surface area contributed by atoms with Crippen LogP contribution in [0.1, 0.15) is 34.7 Å². The quantitative estimate of drug-likeness (QED) is 0.647. The third-order valence-corrected chi connectivity index (χ3v) is 4.63. The van der Waals surface area contributed by atoms with E-state index < -0.39 is 12.1 Å². The molecule has 0 aliphatic heterocycles. The molecule has 1 heterocycles. The van der Waals surface area contributed by atoms with Crippen molar-refractivity contribution in [2.45, 2.75) is 19.0 Å². The number of nitrogens with one attached hydrogen (secondary N) is 2. The van der Waals surface area contributed by atoms with Gasteiger partial charge >= 0.3 is 0 Å². The van der Waals surface area contributed by atoms with Gasteiger partial charge in [-0.2, -0.15) is 0 Å². The predicted molar refractivity (Wildman–Crippen MR) is 110 cm³/mol. The van der Waals surface area contributed by atoms with Gasteiger partial charge in [0.05, 0.1) is 7.11 Å². The number of hydrogen-bond acceptors (Lipinski definition) is 4. The summed E-state index contributed by atoms with van der Waals surface area (Å²) < 4.78 is 7.31. The molecule has 0 bridgehead atoms. The molecule has 150 valence electrons. The van der Waals surface area contributed by atoms with E-state index in [0.29, 0.717) is 17.1 Å². The van der Waals surface area contributed by atoms with Crippen LogP contribution in [0.2, 0.25) is 0 Å². The first-order valence-corrected chi connectivity index (χ1v) is 9.27. The molecule has 0 aliphatic rings. The first kappa shape index (κ1) is 20.1. The minimum Gasteiger partial charge on any atom is -0.496 e. The van der Waals surface area contributed by atoms with Gasteiger partial charge in [-0.05, 0) is 25.1 Å². The summed E-state index contributed by atoms with van der Waals surface area (Å²) in [6.45, 7) is 1.65. The minimum atomic E-state index is -0.736. The molecule has 2 aromatic carbocycles. The fourth-order valence-corrected chi connectivity index (χ4v) is 3.04. The molecule has 1 aromatic heterocycles. The van der Waals surface area contributed by atoms with Gasteiger partial charge in [-0.3, -0.25) is 9.59 Å². The lowest BCUT2D eigenvalue weighted by atomic mass is 10.0. The second kappa shape index (κ2) is 9.05. The Hall–Kier alpha value is -3.61. The Balaban J connectivity index is 1.81. The number of nitrogens with zero attached hydrogens (tertiary/aromatic N) is 2. The Morgan fingerprint density at radius 3 is 2.38 bits per heavy atom. The van der Waals surface area contributed by atoms with Crippen LogP contribution in [0.4, 0.5) is 0 Å². The molecule has 0 radical (unpaired) electrons. The number of carbonyl (C=O) groups excluding carboxylic acids is 2. The fourth-order valence-electron chi connectivity index (χ4n) is 3.04. The van der Waals surface area contributed by atoms with Gasteiger partial charge in [0.2, 0.25) is 5.91 Å². The predicted octanol–water partition coefficient (Wildman–Crippen LogP) is 2.45. The zero-order chi connectivity index (χ0) is 20.8. The molecule has 0 fully saturated rings. The fraction of sp³-hybridized carbons (Fsp3) is 0.227. The van der Waals surface area contributed by atoms with Crippen molar-refractivity contribution in [2.75, 3.05) is 7.11 Å². The SMILES string of the molecule is COc1ccccc1C(NC(=O)C(C)NC(=O)c1ccccc1)c1nccn1C. The summed E-state index contributed by atoms with van der Waals surface area (Å²) in [5, 5.41) is 5.72. The Morgan fingerprint density at radius 1 is 1.03 bits per heavy atom. The highest BCUT2D eigenvalue weighted by atomic mass is 16.5. The summed E-state index contributed by atoms with van der Waals surface area (Å²) in [5.41, 5.74) is 1.27. The molecule has 3 aromatic rings. The van der Waals surface area contributed by atoms with Gasteiger partial charge in [-0.25, -0.2) is 4.98 Å². The third kappa shape index (κ3) is 4.63. The number of aryl methyl sites for hydroxylation is 1. The molecule has 2 atom stereocenters. The maximum atomic E-state index is 12.9. The summed E-state index contributed by atoms with van der Waals surface area (Å²) >= 11 is 0. The summed E-state index contributed by atoms with van der Waals surface area (Å²) in [6, 6.07) is 15.0. The summed E-state index contributed by atoms with van der Waals surface area (Å²) in [7, 11) is 3.44. The maximum Gasteiger partial charge on any atom is 0.251 e. The topological polar surface area (TPSA) is 85.2 Å². The molecule has 2 amide bonds. The number of para-hydroxylation sites is 1. The average Bonchev–Trinajstić information content (AvgIpc) is 3.17. The van der Waals surface area contributed by atoms with Crippen LogP contribution in [0.5, 0.6) is 5.75 Å². The largest absolute Gasteiger partial charge is 0.496 e. The molecule has 7 nitrogen and oxygen atoms in total. The van der Waals surface area contributed by atoms with Crippen molar-refractivity contribution in [3.8, 4) is 5.75 Å². The molecule has 29 heavy (non-hydrogen) atoms. The number of aromatic nitrogens is 2. The highest BCUT2D eigenvalue weighted by molar-refractivity contribution is 5.97. The normalized spacial score (nSPS) is 12.7. The van der Waals surface area contributed by atoms with Crippen molar-refractivity contribution in [2.24, 2.45) is 7.05 Å². The molecule has 0 aliphatic carbocycles. The van der Waals surface area contributed by atoms with E-state index in [2.05, 4.69) is 15.6 Å². The highest BCUT2D eigenvalue weighted by Crippen LogP contribution is 2.29. The molecule has 7 heteroatoms. The van der Waals surface area contributed by atoms with Gasteiger partial charge in [-0.1, -0.05) is 36.4 Å². The third-order valence-electron chi connectivity index (χ3n) is 4.63. The van der Waals surface area contributed by atoms with E-state index in [4.69, 9.17) is 4.74 Å². The van der Waals surface area contributed by atoms with Gasteiger partial charge in [0.25, 0.3) is 5.91 Å². The van der Waals surface area contributed by atoms with Crippen LogP contribution < -0.4 is 15.4 Å². The van der Waals surface area contributed by atoms with Crippen LogP contribution in [-0.4, -0.2) is 34.5 Å². The van der Waals surface area contributed by atoms with E-state index in [1.165, 1.54) is 0 Å². The summed E-state index contributed by atoms with van der Waals surface area (Å²) in [5.74, 6) is 0.665. The van der Waals surface area contributed by atoms with Crippen LogP contribution in [-0.2, 0) is 11.8 Å². The summed E-state index contributed by atoms with van der Waals surface area (Å²) in [6.07, 6.45) is 3.48. The van der Waals surface area contributed by atoms with Crippen molar-refractivity contribution in [3.63, 3.8) is 0 Å². The molecule has 0 saturated heterocycles. The van der Waals surface area contributed by atoms with Crippen LogP contribution >= 0.6 is 0 Å². The van der Waals surface area contributed by atoms with Gasteiger partial charge < -0.3 is 19.9 Å². The monoisotopic (exact) mass is 392 g/mol. The van der Waals surface area contributed by atoms with Crippen LogP contribution in [0, 0.1) is 0 Å². The van der Waals surface area contributed by atoms with Crippen LogP contribution in [0.15, 0.2) is 67.0 Å². The van der Waals surface area contributed by atoms with Crippen molar-refractivity contribution in [1.29, 1.82) is 0 Å². The van der Waals surface area contributed by atoms with Crippen molar-refractivity contribution < 1.29 is 14.3 Å². The van der Waals surface area contributed by atoms with E-state index >= 15 is 0 Å². The highest BCUT2D eigenvalue weighted by Gasteiger charge is 2.26. The molecular formula is C22H24N4O3. The first-order chi connectivity index (χ1) is 14.0. The Kier molecular flexibility index (Phi) is 6.29. The van der Waals surface area contributed by atoms with E-state index in [0.717, 1.165) is 5.56 Å². The maximum absolute atomic E-state index is 12.9. The Morgan fingerprint density at radius 2 is 1.72 bits per heavy atom. The second-order valence-electron chi connectivity index (χ2n) is 6.64. The number of rotatable bonds is 7. The standard InChI is InChI=1S/C22H24N4O3/c1-15(24-22(28)16-9-5-4-6-10-16)21(27)25-19(20-23-13-14-26(20)2)17-11-7-8-12-18(17)29-3/h4-15,19H,1-3H3,(H,24,28)(H,25,27). The Labute approximate surface area is 169 Å². The number of ether oxygens (including phenoxy) is 1. The minimum absolute atomic E-state index is 0.306. The molecular weight excluding hydrogens is 368 g/mol. The number of benzene rings is 2. The lowest BCUT2D eigenvalue weighted by molar-refractivity contribution is -0.123. The van der Waals surface area contributed by atoms with Crippen LogP contribution in [0.3, 0.4) is 0 Å². The second-order valence-corrected chi connectivity index (χ2v) is 6.64. The zero-order valence-electron chi connectivity index (χ0n) is 16.6. The van der Waals surface area contributed by atoms with E-state index in [-0.39, 0.29) is 11.8 Å². The number of carbonyl (C=O) groups is 2. The van der Waals surface area contributed by atoms with Crippen LogP contribution in [0.25, 0.3) is 0 Å². The lowest BCUT2D eigenvalue weighted by Gasteiger charge is -2.23. The molecule has 0 spiro atoms. The van der Waals surface area contributed by atoms with Crippen molar-refractivity contribution in [3.05, 3.63) is 83.9 Å². The van der Waals surface area contributed by atoms with E-state index in [1.54, 1.807) is 44.5 Å². The molecule has 3 rings (SSSR count). The Bertz CT molecular complexity index is 984. The average molecular weight is 392 g/mol. The zero-order valence-corrected chi connectivity index (χ0v) is 16.6. The lowest BCUT2D eigenvalue weighted by Crippen LogP contribution is -2.46. The van der Waals surface area contributed by atoms with E-state index in [9.17, 15) is 9.59 Å². The number of methoxy groups -OCH3 is 1. The summed E-state index contributed by atoms with van der Waals surface area (Å²) in [4.78, 5) is 29.7. The van der Waals surface area contributed by atoms with E-state index in [1.807, 2.05) is 48.1 Å². The van der Waals surface area contributed by atoms with Crippen molar-refractivity contribution >= 4 is 11.8 Å². The van der Waals surface area contributed by atoms with Gasteiger partial charge in [0.15, 0.2) is 0 Å². The molecule has 2 unspecified atom stereocenters. The molecule has 0 saturated carbocycles. The smallest absolute Gasteiger partial charge is 0.251 e. The number of hydrogen-bond donors (Lipinski definition) is 2. The number of amides is 2. The van der Waals surface area contributed by atoms with Gasteiger partial charge in [0.1, 0.15) is 23.7 Å². The van der Waals surface area contributed by atoms with Gasteiger partial charge in [-0.15, -0.1) is 0 Å². The first-order valence-electron chi connectivity index (χ1n) is 9.27. The van der Waals surface area contributed by atoms with Crippen molar-refractivity contribution in [1.82, 2.24) is 20.2 Å². The van der Waals surface area contributed by atoms with Gasteiger partial charge in [0, 0.05) is 30.6 Å². The molecule has 2 N–H and O–H groups in total.